The zero-order chi connectivity index (χ0) is 14.7. The molecule has 7 heteroatoms. The number of nitrogens with two attached hydrogens (primary N) is 1. The first-order valence-corrected chi connectivity index (χ1v) is 6.13. The quantitative estimate of drug-likeness (QED) is 0.712. The van der Waals surface area contributed by atoms with Gasteiger partial charge in [-0.25, -0.2) is 4.79 Å². The van der Waals surface area contributed by atoms with Gasteiger partial charge in [-0.05, 0) is 17.5 Å². The van der Waals surface area contributed by atoms with Crippen molar-refractivity contribution in [2.75, 3.05) is 13.1 Å². The molecule has 0 aromatic heterocycles. The van der Waals surface area contributed by atoms with Gasteiger partial charge in [-0.3, -0.25) is 19.8 Å². The molecule has 4 N–H and O–H groups in total. The lowest BCUT2D eigenvalue weighted by Crippen LogP contribution is -2.47. The summed E-state index contributed by atoms with van der Waals surface area (Å²) in [6.45, 7) is 0.244. The van der Waals surface area contributed by atoms with Crippen molar-refractivity contribution in [1.29, 1.82) is 0 Å². The van der Waals surface area contributed by atoms with Gasteiger partial charge in [0.05, 0.1) is 6.54 Å². The Hall–Kier alpha value is -2.41. The zero-order valence-corrected chi connectivity index (χ0v) is 10.7. The van der Waals surface area contributed by atoms with Crippen LogP contribution in [0.15, 0.2) is 24.3 Å². The Morgan fingerprint density at radius 2 is 2.05 bits per heavy atom. The average Bonchev–Trinajstić information content (AvgIpc) is 2.36. The van der Waals surface area contributed by atoms with E-state index in [-0.39, 0.29) is 6.54 Å². The summed E-state index contributed by atoms with van der Waals surface area (Å²) in [4.78, 5) is 35.2. The number of fused-ring (bicyclic) bond motifs is 1. The van der Waals surface area contributed by atoms with Gasteiger partial charge in [0.15, 0.2) is 0 Å². The second-order valence-corrected chi connectivity index (χ2v) is 4.57. The van der Waals surface area contributed by atoms with Crippen molar-refractivity contribution >= 4 is 17.9 Å². The van der Waals surface area contributed by atoms with Crippen molar-refractivity contribution in [2.24, 2.45) is 5.73 Å². The average molecular weight is 277 g/mol. The van der Waals surface area contributed by atoms with E-state index >= 15 is 0 Å². The van der Waals surface area contributed by atoms with E-state index in [0.29, 0.717) is 18.5 Å². The summed E-state index contributed by atoms with van der Waals surface area (Å²) in [5.41, 5.74) is 6.51. The maximum atomic E-state index is 11.6. The van der Waals surface area contributed by atoms with Crippen molar-refractivity contribution in [1.82, 2.24) is 10.2 Å². The van der Waals surface area contributed by atoms with Gasteiger partial charge in [0.1, 0.15) is 6.04 Å². The normalized spacial score (nSPS) is 18.1. The molecular formula is C13H15N3O4. The number of nitrogens with one attached hydrogen (secondary N) is 1. The largest absolute Gasteiger partial charge is 0.480 e. The Kier molecular flexibility index (Phi) is 3.99. The molecule has 1 heterocycles. The van der Waals surface area contributed by atoms with Gasteiger partial charge >= 0.3 is 12.0 Å². The second-order valence-electron chi connectivity index (χ2n) is 4.57. The van der Waals surface area contributed by atoms with Crippen LogP contribution in [0.25, 0.3) is 0 Å². The van der Waals surface area contributed by atoms with E-state index in [9.17, 15) is 19.5 Å². The number of urea groups is 1. The van der Waals surface area contributed by atoms with E-state index in [2.05, 4.69) is 0 Å². The van der Waals surface area contributed by atoms with Crippen molar-refractivity contribution in [3.63, 3.8) is 0 Å². The standard InChI is InChI=1S/C13H15N3O4/c14-13(20)15-10(17)7-16-6-5-8-3-1-2-4-9(8)11(16)12(18)19/h1-4,11H,5-7H2,(H,18,19)(H3,14,15,17,20). The highest BCUT2D eigenvalue weighted by molar-refractivity contribution is 5.94. The van der Waals surface area contributed by atoms with Gasteiger partial charge < -0.3 is 10.8 Å². The maximum absolute atomic E-state index is 11.6. The summed E-state index contributed by atoms with van der Waals surface area (Å²) in [6.07, 6.45) is 0.657. The number of primary amides is 1. The minimum absolute atomic E-state index is 0.186. The van der Waals surface area contributed by atoms with E-state index in [1.807, 2.05) is 17.4 Å². The van der Waals surface area contributed by atoms with E-state index in [1.54, 1.807) is 12.1 Å². The number of imide groups is 1. The molecule has 0 bridgehead atoms. The lowest BCUT2D eigenvalue weighted by molar-refractivity contribution is -0.144. The monoisotopic (exact) mass is 277 g/mol. The summed E-state index contributed by atoms with van der Waals surface area (Å²) in [6, 6.07) is 5.41. The van der Waals surface area contributed by atoms with E-state index in [1.165, 1.54) is 4.90 Å². The summed E-state index contributed by atoms with van der Waals surface area (Å²) in [5.74, 6) is -1.63. The maximum Gasteiger partial charge on any atom is 0.325 e. The molecule has 1 aromatic rings. The molecule has 106 valence electrons. The minimum Gasteiger partial charge on any atom is -0.480 e. The third kappa shape index (κ3) is 2.94. The van der Waals surface area contributed by atoms with Crippen LogP contribution in [0.2, 0.25) is 0 Å². The third-order valence-electron chi connectivity index (χ3n) is 3.23. The molecular weight excluding hydrogens is 262 g/mol. The molecule has 1 aliphatic heterocycles. The van der Waals surface area contributed by atoms with Gasteiger partial charge in [0.25, 0.3) is 0 Å². The van der Waals surface area contributed by atoms with Crippen LogP contribution in [0.1, 0.15) is 17.2 Å². The van der Waals surface area contributed by atoms with E-state index in [0.717, 1.165) is 5.56 Å². The smallest absolute Gasteiger partial charge is 0.325 e. The van der Waals surface area contributed by atoms with Crippen LogP contribution in [0.3, 0.4) is 0 Å². The third-order valence-corrected chi connectivity index (χ3v) is 3.23. The summed E-state index contributed by atoms with van der Waals surface area (Å²) >= 11 is 0. The Morgan fingerprint density at radius 3 is 2.70 bits per heavy atom. The van der Waals surface area contributed by atoms with Gasteiger partial charge in [-0.15, -0.1) is 0 Å². The van der Waals surface area contributed by atoms with Crippen LogP contribution in [0.5, 0.6) is 0 Å². The number of carbonyl (C=O) groups excluding carboxylic acids is 2. The van der Waals surface area contributed by atoms with Crippen molar-refractivity contribution in [2.45, 2.75) is 12.5 Å². The first-order valence-electron chi connectivity index (χ1n) is 6.13. The molecule has 0 saturated heterocycles. The van der Waals surface area contributed by atoms with Gasteiger partial charge in [-0.1, -0.05) is 24.3 Å². The number of rotatable bonds is 3. The number of benzene rings is 1. The molecule has 0 saturated carbocycles. The molecule has 1 aromatic carbocycles. The molecule has 0 fully saturated rings. The lowest BCUT2D eigenvalue weighted by Gasteiger charge is -2.33. The molecule has 20 heavy (non-hydrogen) atoms. The SMILES string of the molecule is NC(=O)NC(=O)CN1CCc2ccccc2C1C(=O)O. The van der Waals surface area contributed by atoms with E-state index < -0.39 is 23.9 Å². The number of carbonyl (C=O) groups is 3. The fourth-order valence-electron chi connectivity index (χ4n) is 2.44. The molecule has 0 aliphatic carbocycles. The Balaban J connectivity index is 2.20. The predicted molar refractivity (Wildman–Crippen MR) is 69.8 cm³/mol. The number of hydrogen-bond acceptors (Lipinski definition) is 4. The topological polar surface area (TPSA) is 113 Å². The molecule has 0 spiro atoms. The van der Waals surface area contributed by atoms with Crippen LogP contribution in [0, 0.1) is 0 Å². The van der Waals surface area contributed by atoms with Crippen LogP contribution >= 0.6 is 0 Å². The van der Waals surface area contributed by atoms with Crippen LogP contribution < -0.4 is 11.1 Å². The molecule has 7 nitrogen and oxygen atoms in total. The molecule has 2 rings (SSSR count). The summed E-state index contributed by atoms with van der Waals surface area (Å²) in [5, 5.41) is 11.3. The Morgan fingerprint density at radius 1 is 1.35 bits per heavy atom. The Labute approximate surface area is 115 Å². The van der Waals surface area contributed by atoms with Crippen LogP contribution in [-0.2, 0) is 16.0 Å². The minimum atomic E-state index is -1.02. The van der Waals surface area contributed by atoms with Crippen LogP contribution in [-0.4, -0.2) is 41.0 Å². The molecule has 1 aliphatic rings. The van der Waals surface area contributed by atoms with Gasteiger partial charge in [-0.2, -0.15) is 0 Å². The number of amides is 3. The fraction of sp³-hybridized carbons (Fsp3) is 0.308. The first-order chi connectivity index (χ1) is 9.49. The van der Waals surface area contributed by atoms with Crippen molar-refractivity contribution in [3.8, 4) is 0 Å². The molecule has 0 radical (unpaired) electrons. The number of carboxylic acid groups (broad SMARTS) is 1. The first kappa shape index (κ1) is 14.0. The zero-order valence-electron chi connectivity index (χ0n) is 10.7. The summed E-state index contributed by atoms with van der Waals surface area (Å²) in [7, 11) is 0. The number of carboxylic acids is 1. The molecule has 3 amide bonds. The second kappa shape index (κ2) is 5.70. The summed E-state index contributed by atoms with van der Waals surface area (Å²) < 4.78 is 0. The van der Waals surface area contributed by atoms with Crippen LogP contribution in [0.4, 0.5) is 4.79 Å². The predicted octanol–water partition coefficient (Wildman–Crippen LogP) is -0.135. The van der Waals surface area contributed by atoms with E-state index in [4.69, 9.17) is 5.73 Å². The molecule has 1 unspecified atom stereocenters. The number of hydrogen-bond donors (Lipinski definition) is 3. The number of nitrogens with zero attached hydrogens (tertiary/aromatic N) is 1. The Bertz CT molecular complexity index is 558. The highest BCUT2D eigenvalue weighted by Crippen LogP contribution is 2.29. The fourth-order valence-corrected chi connectivity index (χ4v) is 2.44. The van der Waals surface area contributed by atoms with Crippen molar-refractivity contribution in [3.05, 3.63) is 35.4 Å². The number of aliphatic carboxylic acids is 1. The highest BCUT2D eigenvalue weighted by atomic mass is 16.4. The van der Waals surface area contributed by atoms with Gasteiger partial charge in [0, 0.05) is 6.54 Å². The van der Waals surface area contributed by atoms with Gasteiger partial charge in [0.2, 0.25) is 5.91 Å². The van der Waals surface area contributed by atoms with Crippen molar-refractivity contribution < 1.29 is 19.5 Å². The highest BCUT2D eigenvalue weighted by Gasteiger charge is 2.33. The molecule has 1 atom stereocenters. The lowest BCUT2D eigenvalue weighted by atomic mass is 9.92.